The molecule has 3 unspecified atom stereocenters. The monoisotopic (exact) mass is 793 g/mol. The van der Waals surface area contributed by atoms with E-state index in [1.807, 2.05) is 0 Å². The molecule has 0 aromatic rings. The number of esters is 1. The first kappa shape index (κ1) is 52.6. The van der Waals surface area contributed by atoms with Crippen molar-refractivity contribution in [2.75, 3.05) is 33.0 Å². The number of ether oxygens (including phenoxy) is 2. The zero-order chi connectivity index (χ0) is 40.3. The fourth-order valence-electron chi connectivity index (χ4n) is 5.12. The number of unbranched alkanes of at least 4 members (excludes halogenated alkanes) is 11. The van der Waals surface area contributed by atoms with Gasteiger partial charge in [-0.2, -0.15) is 0 Å². The van der Waals surface area contributed by atoms with Crippen LogP contribution in [0.2, 0.25) is 0 Å². The number of carbonyl (C=O) groups is 1. The second-order valence-electron chi connectivity index (χ2n) is 13.6. The van der Waals surface area contributed by atoms with E-state index >= 15 is 0 Å². The topological polar surface area (TPSA) is 132 Å². The Morgan fingerprint density at radius 3 is 1.58 bits per heavy atom. The van der Waals surface area contributed by atoms with Gasteiger partial charge in [-0.05, 0) is 89.9 Å². The van der Waals surface area contributed by atoms with Gasteiger partial charge in [0, 0.05) is 13.0 Å². The Hall–Kier alpha value is -2.36. The van der Waals surface area contributed by atoms with Crippen molar-refractivity contribution in [3.63, 3.8) is 0 Å². The second kappa shape index (κ2) is 41.3. The summed E-state index contributed by atoms with van der Waals surface area (Å²) in [5.74, 6) is -0.430. The van der Waals surface area contributed by atoms with Crippen molar-refractivity contribution in [3.8, 4) is 0 Å². The molecule has 0 spiro atoms. The first-order chi connectivity index (χ1) is 26.8. The van der Waals surface area contributed by atoms with Crippen molar-refractivity contribution in [1.82, 2.24) is 0 Å². The normalized spacial score (nSPS) is 14.9. The number of rotatable bonds is 39. The van der Waals surface area contributed by atoms with Crippen LogP contribution in [-0.2, 0) is 27.9 Å². The molecule has 10 heteroatoms. The molecule has 0 saturated carbocycles. The van der Waals surface area contributed by atoms with E-state index in [2.05, 4.69) is 98.9 Å². The Bertz CT molecular complexity index is 1130. The molecule has 0 radical (unpaired) electrons. The average molecular weight is 793 g/mol. The highest BCUT2D eigenvalue weighted by Gasteiger charge is 2.26. The van der Waals surface area contributed by atoms with Crippen LogP contribution in [0.4, 0.5) is 0 Å². The lowest BCUT2D eigenvalue weighted by Gasteiger charge is -2.20. The lowest BCUT2D eigenvalue weighted by atomic mass is 10.1. The highest BCUT2D eigenvalue weighted by atomic mass is 31.2. The van der Waals surface area contributed by atoms with Crippen LogP contribution in [0.15, 0.2) is 85.1 Å². The molecule has 0 aromatic heterocycles. The predicted molar refractivity (Wildman–Crippen MR) is 228 cm³/mol. The molecule has 0 aromatic carbocycles. The Balaban J connectivity index is 4.31. The van der Waals surface area contributed by atoms with Crippen molar-refractivity contribution in [3.05, 3.63) is 85.1 Å². The van der Waals surface area contributed by atoms with Gasteiger partial charge in [-0.1, -0.05) is 137 Å². The zero-order valence-corrected chi connectivity index (χ0v) is 35.3. The number of carbonyl (C=O) groups excluding carboxylic acids is 1. The molecule has 3 N–H and O–H groups in total. The molecule has 0 aliphatic rings. The maximum atomic E-state index is 12.6. The summed E-state index contributed by atoms with van der Waals surface area (Å²) in [4.78, 5) is 22.5. The first-order valence-corrected chi connectivity index (χ1v) is 22.6. The summed E-state index contributed by atoms with van der Waals surface area (Å²) in [6.45, 7) is 3.28. The van der Waals surface area contributed by atoms with Gasteiger partial charge in [0.05, 0.1) is 26.4 Å². The van der Waals surface area contributed by atoms with Crippen LogP contribution in [0.1, 0.15) is 149 Å². The minimum Gasteiger partial charge on any atom is -0.457 e. The third-order valence-electron chi connectivity index (χ3n) is 8.31. The molecule has 55 heavy (non-hydrogen) atoms. The van der Waals surface area contributed by atoms with Gasteiger partial charge in [0.25, 0.3) is 0 Å². The number of phosphoric ester groups is 1. The smallest absolute Gasteiger partial charge is 0.457 e. The van der Waals surface area contributed by atoms with Gasteiger partial charge in [0.1, 0.15) is 12.2 Å². The molecule has 0 aliphatic heterocycles. The highest BCUT2D eigenvalue weighted by molar-refractivity contribution is 7.47. The summed E-state index contributed by atoms with van der Waals surface area (Å²) in [7, 11) is -4.53. The van der Waals surface area contributed by atoms with Crippen molar-refractivity contribution >= 4 is 13.8 Å². The molecule has 0 saturated heterocycles. The summed E-state index contributed by atoms with van der Waals surface area (Å²) in [5, 5.41) is 18.3. The van der Waals surface area contributed by atoms with Crippen LogP contribution in [0.5, 0.6) is 0 Å². The van der Waals surface area contributed by atoms with Gasteiger partial charge >= 0.3 is 13.8 Å². The minimum absolute atomic E-state index is 0.0220. The summed E-state index contributed by atoms with van der Waals surface area (Å²) < 4.78 is 33.3. The number of hydrogen-bond acceptors (Lipinski definition) is 8. The van der Waals surface area contributed by atoms with E-state index in [0.29, 0.717) is 13.0 Å². The maximum absolute atomic E-state index is 12.6. The third kappa shape index (κ3) is 41.1. The lowest BCUT2D eigenvalue weighted by Crippen LogP contribution is -2.29. The lowest BCUT2D eigenvalue weighted by molar-refractivity contribution is -0.154. The van der Waals surface area contributed by atoms with E-state index in [1.54, 1.807) is 0 Å². The van der Waals surface area contributed by atoms with Crippen molar-refractivity contribution in [2.24, 2.45) is 0 Å². The molecule has 0 fully saturated rings. The molecule has 316 valence electrons. The highest BCUT2D eigenvalue weighted by Crippen LogP contribution is 2.43. The van der Waals surface area contributed by atoms with Crippen LogP contribution < -0.4 is 0 Å². The summed E-state index contributed by atoms with van der Waals surface area (Å²) in [6.07, 6.45) is 49.7. The van der Waals surface area contributed by atoms with Crippen molar-refractivity contribution in [2.45, 2.75) is 161 Å². The van der Waals surface area contributed by atoms with Gasteiger partial charge in [-0.15, -0.1) is 0 Å². The van der Waals surface area contributed by atoms with Gasteiger partial charge in [0.2, 0.25) is 0 Å². The molecule has 0 aliphatic carbocycles. The first-order valence-electron chi connectivity index (χ1n) is 21.1. The van der Waals surface area contributed by atoms with E-state index in [4.69, 9.17) is 23.6 Å². The molecule has 0 amide bonds. The van der Waals surface area contributed by atoms with Crippen LogP contribution in [0.25, 0.3) is 0 Å². The Kier molecular flexibility index (Phi) is 39.5. The molecule has 9 nitrogen and oxygen atoms in total. The van der Waals surface area contributed by atoms with E-state index < -0.39 is 45.8 Å². The Morgan fingerprint density at radius 1 is 0.582 bits per heavy atom. The van der Waals surface area contributed by atoms with Crippen LogP contribution in [-0.4, -0.2) is 66.3 Å². The third-order valence-corrected chi connectivity index (χ3v) is 9.27. The summed E-state index contributed by atoms with van der Waals surface area (Å²) in [5.41, 5.74) is 0. The van der Waals surface area contributed by atoms with Gasteiger partial charge < -0.3 is 24.6 Å². The molecular formula is C45H77O9P. The van der Waals surface area contributed by atoms with Gasteiger partial charge in [-0.25, -0.2) is 4.57 Å². The van der Waals surface area contributed by atoms with E-state index in [1.165, 1.54) is 44.9 Å². The van der Waals surface area contributed by atoms with Crippen LogP contribution in [0, 0.1) is 0 Å². The summed E-state index contributed by atoms with van der Waals surface area (Å²) >= 11 is 0. The summed E-state index contributed by atoms with van der Waals surface area (Å²) in [6, 6.07) is 0. The van der Waals surface area contributed by atoms with E-state index in [9.17, 15) is 19.4 Å². The Morgan fingerprint density at radius 2 is 1.04 bits per heavy atom. The minimum atomic E-state index is -4.53. The molecular weight excluding hydrogens is 715 g/mol. The largest absolute Gasteiger partial charge is 0.472 e. The second-order valence-corrected chi connectivity index (χ2v) is 15.1. The number of allylic oxidation sites excluding steroid dienone is 14. The number of aliphatic hydroxyl groups excluding tert-OH is 2. The molecule has 0 bridgehead atoms. The molecule has 3 atom stereocenters. The number of aliphatic hydroxyl groups is 2. The fourth-order valence-corrected chi connectivity index (χ4v) is 5.91. The van der Waals surface area contributed by atoms with Crippen molar-refractivity contribution in [1.29, 1.82) is 0 Å². The van der Waals surface area contributed by atoms with Crippen molar-refractivity contribution < 1.29 is 43.0 Å². The number of hydrogen-bond donors (Lipinski definition) is 3. The number of phosphoric acid groups is 1. The fraction of sp³-hybridized carbons (Fsp3) is 0.667. The molecule has 0 heterocycles. The van der Waals surface area contributed by atoms with Gasteiger partial charge in [-0.3, -0.25) is 13.8 Å². The standard InChI is InChI=1S/C45H77O9P/c1-3-5-7-9-11-13-15-17-18-19-20-21-22-23-24-25-27-29-31-33-35-37-45(48)54-44(42-53-55(49,50)52-40-43(47)39-46)41-51-38-36-34-32-30-28-26-16-14-12-10-8-6-4-2/h5,7,11-14,17-18,20-21,23-24,27,29,43-44,46-47H,3-4,6,8-10,15-16,19,22,25-26,28,30-42H2,1-2H3,(H,49,50)/b7-5-,13-11-,14-12-,18-17-,21-20-,24-23-,29-27-. The van der Waals surface area contributed by atoms with Gasteiger partial charge in [0.15, 0.2) is 0 Å². The maximum Gasteiger partial charge on any atom is 0.472 e. The quantitative estimate of drug-likeness (QED) is 0.0241. The van der Waals surface area contributed by atoms with Crippen LogP contribution >= 0.6 is 7.82 Å². The molecule has 0 rings (SSSR count). The van der Waals surface area contributed by atoms with E-state index in [-0.39, 0.29) is 13.0 Å². The van der Waals surface area contributed by atoms with Crippen LogP contribution in [0.3, 0.4) is 0 Å². The average Bonchev–Trinajstić information content (AvgIpc) is 3.18. The SMILES string of the molecule is CC/C=C\C/C=C\C/C=C\C/C=C\C/C=C\C/C=C\CCCCC(=O)OC(COCCCCCCCC/C=C\CCCCC)COP(=O)(O)OCC(O)CO. The van der Waals surface area contributed by atoms with E-state index in [0.717, 1.165) is 77.0 Å². The Labute approximate surface area is 335 Å². The predicted octanol–water partition coefficient (Wildman–Crippen LogP) is 11.5. The zero-order valence-electron chi connectivity index (χ0n) is 34.4.